The maximum absolute atomic E-state index is 4.20. The van der Waals surface area contributed by atoms with Gasteiger partial charge in [0.2, 0.25) is 5.13 Å². The topological polar surface area (TPSA) is 43.6 Å². The zero-order chi connectivity index (χ0) is 8.55. The van der Waals surface area contributed by atoms with Crippen LogP contribution in [0.1, 0.15) is 11.4 Å². The number of rotatable bonds is 1. The third-order valence-corrected chi connectivity index (χ3v) is 2.22. The lowest BCUT2D eigenvalue weighted by Gasteiger charge is -1.89. The van der Waals surface area contributed by atoms with Crippen molar-refractivity contribution in [1.82, 2.24) is 19.1 Å². The summed E-state index contributed by atoms with van der Waals surface area (Å²) in [5.74, 6) is 0.795. The quantitative estimate of drug-likeness (QED) is 0.665. The molecule has 0 unspecified atom stereocenters. The number of hydrogen-bond donors (Lipinski definition) is 0. The van der Waals surface area contributed by atoms with Crippen LogP contribution < -0.4 is 0 Å². The molecule has 62 valence electrons. The number of nitrogens with zero attached hydrogens (tertiary/aromatic N) is 4. The van der Waals surface area contributed by atoms with Crippen LogP contribution in [0, 0.1) is 13.8 Å². The molecule has 2 rings (SSSR count). The van der Waals surface area contributed by atoms with Gasteiger partial charge in [-0.25, -0.2) is 9.67 Å². The molecule has 2 aromatic heterocycles. The smallest absolute Gasteiger partial charge is 0.212 e. The summed E-state index contributed by atoms with van der Waals surface area (Å²) in [6.07, 6.45) is 3.73. The van der Waals surface area contributed by atoms with Gasteiger partial charge in [-0.05, 0) is 19.4 Å². The van der Waals surface area contributed by atoms with Crippen molar-refractivity contribution in [3.05, 3.63) is 23.8 Å². The first kappa shape index (κ1) is 7.42. The van der Waals surface area contributed by atoms with Gasteiger partial charge in [-0.3, -0.25) is 0 Å². The summed E-state index contributed by atoms with van der Waals surface area (Å²) in [7, 11) is 0. The second-order valence-corrected chi connectivity index (χ2v) is 3.32. The van der Waals surface area contributed by atoms with Crippen LogP contribution in [-0.2, 0) is 0 Å². The average molecular weight is 180 g/mol. The fraction of sp³-hybridized carbons (Fsp3) is 0.286. The Labute approximate surface area is 74.0 Å². The minimum absolute atomic E-state index is 0.795. The predicted molar refractivity (Wildman–Crippen MR) is 46.5 cm³/mol. The van der Waals surface area contributed by atoms with Crippen molar-refractivity contribution in [2.24, 2.45) is 0 Å². The summed E-state index contributed by atoms with van der Waals surface area (Å²) in [6.45, 7) is 3.87. The third-order valence-electron chi connectivity index (χ3n) is 1.42. The van der Waals surface area contributed by atoms with E-state index in [1.54, 1.807) is 10.9 Å². The molecular weight excluding hydrogens is 172 g/mol. The van der Waals surface area contributed by atoms with Gasteiger partial charge in [0.1, 0.15) is 5.82 Å². The van der Waals surface area contributed by atoms with Gasteiger partial charge >= 0.3 is 0 Å². The average Bonchev–Trinajstić information content (AvgIpc) is 2.58. The van der Waals surface area contributed by atoms with Crippen molar-refractivity contribution in [2.75, 3.05) is 0 Å². The summed E-state index contributed by atoms with van der Waals surface area (Å²) in [6, 6.07) is 0. The number of aromatic nitrogens is 4. The zero-order valence-corrected chi connectivity index (χ0v) is 7.67. The van der Waals surface area contributed by atoms with Gasteiger partial charge in [-0.2, -0.15) is 9.47 Å². The Bertz CT molecular complexity index is 351. The van der Waals surface area contributed by atoms with Crippen LogP contribution in [-0.4, -0.2) is 19.1 Å². The minimum Gasteiger partial charge on any atom is -0.212 e. The first-order valence-electron chi connectivity index (χ1n) is 3.57. The Kier molecular flexibility index (Phi) is 1.65. The zero-order valence-electron chi connectivity index (χ0n) is 6.85. The molecule has 2 heterocycles. The Hall–Kier alpha value is -1.23. The molecule has 0 saturated carbocycles. The molecule has 0 saturated heterocycles. The van der Waals surface area contributed by atoms with Crippen LogP contribution in [0.15, 0.2) is 12.4 Å². The molecule has 0 aromatic carbocycles. The largest absolute Gasteiger partial charge is 0.230 e. The van der Waals surface area contributed by atoms with Gasteiger partial charge in [0, 0.05) is 17.7 Å². The molecule has 0 radical (unpaired) electrons. The van der Waals surface area contributed by atoms with E-state index < -0.39 is 0 Å². The van der Waals surface area contributed by atoms with E-state index in [9.17, 15) is 0 Å². The molecule has 0 amide bonds. The van der Waals surface area contributed by atoms with Gasteiger partial charge in [-0.15, -0.1) is 0 Å². The van der Waals surface area contributed by atoms with Gasteiger partial charge in [0.15, 0.2) is 0 Å². The summed E-state index contributed by atoms with van der Waals surface area (Å²) in [5, 5.41) is 4.94. The standard InChI is InChI=1S/C7H8N4S/c1-5-3-8-11(4-5)7-9-6(2)10-12-7/h3-4H,1-2H3. The van der Waals surface area contributed by atoms with Crippen molar-refractivity contribution >= 4 is 11.5 Å². The highest BCUT2D eigenvalue weighted by Gasteiger charge is 2.02. The SMILES string of the molecule is Cc1cnn(-c2nc(C)ns2)c1. The molecule has 0 N–H and O–H groups in total. The normalized spacial score (nSPS) is 10.5. The Morgan fingerprint density at radius 2 is 2.25 bits per heavy atom. The molecule has 12 heavy (non-hydrogen) atoms. The van der Waals surface area contributed by atoms with Crippen LogP contribution in [0.25, 0.3) is 5.13 Å². The second-order valence-electron chi connectivity index (χ2n) is 2.59. The lowest BCUT2D eigenvalue weighted by molar-refractivity contribution is 0.863. The third kappa shape index (κ3) is 1.23. The van der Waals surface area contributed by atoms with E-state index in [-0.39, 0.29) is 0 Å². The minimum atomic E-state index is 0.795. The monoisotopic (exact) mass is 180 g/mol. The van der Waals surface area contributed by atoms with E-state index in [0.29, 0.717) is 0 Å². The highest BCUT2D eigenvalue weighted by Crippen LogP contribution is 2.09. The summed E-state index contributed by atoms with van der Waals surface area (Å²) < 4.78 is 5.81. The molecule has 2 aromatic rings. The van der Waals surface area contributed by atoms with Gasteiger partial charge in [-0.1, -0.05) is 0 Å². The molecule has 0 aliphatic carbocycles. The lowest BCUT2D eigenvalue weighted by atomic mass is 10.4. The van der Waals surface area contributed by atoms with E-state index in [0.717, 1.165) is 16.5 Å². The Balaban J connectivity index is 2.43. The Morgan fingerprint density at radius 3 is 2.75 bits per heavy atom. The van der Waals surface area contributed by atoms with Gasteiger partial charge in [0.25, 0.3) is 0 Å². The fourth-order valence-corrected chi connectivity index (χ4v) is 1.51. The molecule has 0 aliphatic rings. The molecule has 5 heteroatoms. The fourth-order valence-electron chi connectivity index (χ4n) is 0.897. The molecule has 0 fully saturated rings. The lowest BCUT2D eigenvalue weighted by Crippen LogP contribution is -1.92. The highest BCUT2D eigenvalue weighted by atomic mass is 32.1. The molecule has 0 spiro atoms. The second kappa shape index (κ2) is 2.67. The number of aryl methyl sites for hydroxylation is 2. The van der Waals surface area contributed by atoms with E-state index >= 15 is 0 Å². The van der Waals surface area contributed by atoms with Gasteiger partial charge < -0.3 is 0 Å². The molecule has 0 atom stereocenters. The van der Waals surface area contributed by atoms with Crippen LogP contribution in [0.2, 0.25) is 0 Å². The number of hydrogen-bond acceptors (Lipinski definition) is 4. The van der Waals surface area contributed by atoms with Gasteiger partial charge in [0.05, 0.1) is 6.20 Å². The van der Waals surface area contributed by atoms with Crippen molar-refractivity contribution in [2.45, 2.75) is 13.8 Å². The molecule has 0 aliphatic heterocycles. The van der Waals surface area contributed by atoms with Crippen LogP contribution in [0.5, 0.6) is 0 Å². The van der Waals surface area contributed by atoms with E-state index in [4.69, 9.17) is 0 Å². The predicted octanol–water partition coefficient (Wildman–Crippen LogP) is 1.34. The summed E-state index contributed by atoms with van der Waals surface area (Å²) in [5.41, 5.74) is 1.13. The van der Waals surface area contributed by atoms with Crippen LogP contribution in [0.4, 0.5) is 0 Å². The van der Waals surface area contributed by atoms with E-state index in [1.165, 1.54) is 11.5 Å². The first-order chi connectivity index (χ1) is 5.75. The van der Waals surface area contributed by atoms with Crippen molar-refractivity contribution < 1.29 is 0 Å². The van der Waals surface area contributed by atoms with Crippen molar-refractivity contribution in [1.29, 1.82) is 0 Å². The van der Waals surface area contributed by atoms with Crippen molar-refractivity contribution in [3.8, 4) is 5.13 Å². The Morgan fingerprint density at radius 1 is 1.42 bits per heavy atom. The first-order valence-corrected chi connectivity index (χ1v) is 4.35. The van der Waals surface area contributed by atoms with Crippen molar-refractivity contribution in [3.63, 3.8) is 0 Å². The van der Waals surface area contributed by atoms with E-state index in [1.807, 2.05) is 20.0 Å². The maximum atomic E-state index is 4.20. The molecule has 0 bridgehead atoms. The molecular formula is C7H8N4S. The van der Waals surface area contributed by atoms with E-state index in [2.05, 4.69) is 14.5 Å². The highest BCUT2D eigenvalue weighted by molar-refractivity contribution is 7.08. The summed E-state index contributed by atoms with van der Waals surface area (Å²) >= 11 is 1.36. The van der Waals surface area contributed by atoms with Crippen LogP contribution >= 0.6 is 11.5 Å². The summed E-state index contributed by atoms with van der Waals surface area (Å²) in [4.78, 5) is 4.20. The van der Waals surface area contributed by atoms with Crippen LogP contribution in [0.3, 0.4) is 0 Å². The molecule has 4 nitrogen and oxygen atoms in total. The maximum Gasteiger partial charge on any atom is 0.230 e.